The first kappa shape index (κ1) is 11.4. The molecule has 0 bridgehead atoms. The minimum absolute atomic E-state index is 0.362. The molecule has 0 N–H and O–H groups in total. The summed E-state index contributed by atoms with van der Waals surface area (Å²) in [4.78, 5) is 0. The van der Waals surface area contributed by atoms with Crippen molar-refractivity contribution in [1.82, 2.24) is 0 Å². The lowest BCUT2D eigenvalue weighted by Gasteiger charge is -2.15. The van der Waals surface area contributed by atoms with E-state index in [0.29, 0.717) is 4.75 Å². The van der Waals surface area contributed by atoms with E-state index in [2.05, 4.69) is 57.2 Å². The van der Waals surface area contributed by atoms with E-state index in [0.717, 1.165) is 5.75 Å². The molecule has 0 heterocycles. The zero-order valence-corrected chi connectivity index (χ0v) is 9.97. The first-order valence-electron chi connectivity index (χ1n) is 4.93. The molecular formula is C13H18S. The lowest BCUT2D eigenvalue weighted by molar-refractivity contribution is 0.805. The normalized spacial score (nSPS) is 12.2. The van der Waals surface area contributed by atoms with Gasteiger partial charge in [-0.15, -0.1) is 0 Å². The Labute approximate surface area is 91.4 Å². The Morgan fingerprint density at radius 1 is 1.14 bits per heavy atom. The summed E-state index contributed by atoms with van der Waals surface area (Å²) >= 11 is 1.97. The molecule has 0 spiro atoms. The van der Waals surface area contributed by atoms with Crippen LogP contribution in [0.3, 0.4) is 0 Å². The number of benzene rings is 1. The second-order valence-electron chi connectivity index (χ2n) is 4.24. The Hall–Kier alpha value is -0.690. The molecule has 1 heteroatoms. The Balaban J connectivity index is 2.35. The molecule has 0 aliphatic carbocycles. The van der Waals surface area contributed by atoms with E-state index in [9.17, 15) is 0 Å². The SMILES string of the molecule is CC(C)(C)SCC=Cc1ccccc1. The van der Waals surface area contributed by atoms with Gasteiger partial charge >= 0.3 is 0 Å². The van der Waals surface area contributed by atoms with Crippen molar-refractivity contribution in [3.63, 3.8) is 0 Å². The predicted octanol–water partition coefficient (Wildman–Crippen LogP) is 4.23. The van der Waals surface area contributed by atoms with Crippen molar-refractivity contribution in [1.29, 1.82) is 0 Å². The third-order valence-corrected chi connectivity index (χ3v) is 2.95. The van der Waals surface area contributed by atoms with Crippen LogP contribution in [0.15, 0.2) is 36.4 Å². The minimum Gasteiger partial charge on any atom is -0.152 e. The summed E-state index contributed by atoms with van der Waals surface area (Å²) in [5.41, 5.74) is 1.28. The molecule has 1 rings (SSSR count). The Bertz CT molecular complexity index is 280. The van der Waals surface area contributed by atoms with Crippen LogP contribution in [0, 0.1) is 0 Å². The average molecular weight is 206 g/mol. The molecule has 1 aromatic carbocycles. The van der Waals surface area contributed by atoms with Crippen LogP contribution in [0.4, 0.5) is 0 Å². The molecule has 0 radical (unpaired) electrons. The standard InChI is InChI=1S/C13H18S/c1-13(2,3)14-11-7-10-12-8-5-4-6-9-12/h4-10H,11H2,1-3H3. The second kappa shape index (κ2) is 5.26. The molecule has 0 aromatic heterocycles. The molecule has 0 fully saturated rings. The lowest BCUT2D eigenvalue weighted by atomic mass is 10.2. The van der Waals surface area contributed by atoms with Crippen molar-refractivity contribution in [2.24, 2.45) is 0 Å². The van der Waals surface area contributed by atoms with Crippen molar-refractivity contribution in [3.05, 3.63) is 42.0 Å². The van der Waals surface area contributed by atoms with Crippen LogP contribution in [-0.4, -0.2) is 10.5 Å². The maximum absolute atomic E-state index is 2.24. The summed E-state index contributed by atoms with van der Waals surface area (Å²) in [5.74, 6) is 1.08. The summed E-state index contributed by atoms with van der Waals surface area (Å²) in [7, 11) is 0. The summed E-state index contributed by atoms with van der Waals surface area (Å²) in [6.45, 7) is 6.73. The van der Waals surface area contributed by atoms with Crippen molar-refractivity contribution in [2.75, 3.05) is 5.75 Å². The molecule has 0 nitrogen and oxygen atoms in total. The highest BCUT2D eigenvalue weighted by molar-refractivity contribution is 8.00. The van der Waals surface area contributed by atoms with Gasteiger partial charge in [0.15, 0.2) is 0 Å². The Kier molecular flexibility index (Phi) is 4.27. The van der Waals surface area contributed by atoms with Crippen molar-refractivity contribution in [2.45, 2.75) is 25.5 Å². The fourth-order valence-electron chi connectivity index (χ4n) is 1.05. The zero-order chi connectivity index (χ0) is 10.4. The van der Waals surface area contributed by atoms with Gasteiger partial charge in [-0.1, -0.05) is 63.3 Å². The van der Waals surface area contributed by atoms with Crippen LogP contribution < -0.4 is 0 Å². The number of hydrogen-bond acceptors (Lipinski definition) is 1. The van der Waals surface area contributed by atoms with Gasteiger partial charge in [-0.2, -0.15) is 11.8 Å². The van der Waals surface area contributed by atoms with Crippen LogP contribution in [0.1, 0.15) is 26.3 Å². The van der Waals surface area contributed by atoms with E-state index >= 15 is 0 Å². The monoisotopic (exact) mass is 206 g/mol. The molecule has 0 saturated heterocycles. The van der Waals surface area contributed by atoms with Crippen LogP contribution in [0.2, 0.25) is 0 Å². The largest absolute Gasteiger partial charge is 0.152 e. The van der Waals surface area contributed by atoms with Crippen molar-refractivity contribution >= 4 is 17.8 Å². The van der Waals surface area contributed by atoms with Gasteiger partial charge in [0, 0.05) is 10.5 Å². The van der Waals surface area contributed by atoms with E-state index in [1.807, 2.05) is 17.8 Å². The van der Waals surface area contributed by atoms with E-state index in [-0.39, 0.29) is 0 Å². The number of rotatable bonds is 3. The third-order valence-electron chi connectivity index (χ3n) is 1.72. The summed E-state index contributed by atoms with van der Waals surface area (Å²) in [6, 6.07) is 10.4. The molecule has 0 atom stereocenters. The number of hydrogen-bond donors (Lipinski definition) is 0. The van der Waals surface area contributed by atoms with E-state index in [1.54, 1.807) is 0 Å². The fourth-order valence-corrected chi connectivity index (χ4v) is 1.74. The maximum atomic E-state index is 2.24. The van der Waals surface area contributed by atoms with Gasteiger partial charge in [-0.3, -0.25) is 0 Å². The first-order valence-corrected chi connectivity index (χ1v) is 5.92. The molecule has 0 aliphatic rings. The topological polar surface area (TPSA) is 0 Å². The molecule has 14 heavy (non-hydrogen) atoms. The van der Waals surface area contributed by atoms with Gasteiger partial charge in [0.1, 0.15) is 0 Å². The first-order chi connectivity index (χ1) is 6.58. The van der Waals surface area contributed by atoms with Crippen LogP contribution in [0.5, 0.6) is 0 Å². The highest BCUT2D eigenvalue weighted by Crippen LogP contribution is 2.23. The zero-order valence-electron chi connectivity index (χ0n) is 9.16. The Morgan fingerprint density at radius 3 is 2.36 bits per heavy atom. The summed E-state index contributed by atoms with van der Waals surface area (Å²) < 4.78 is 0.362. The van der Waals surface area contributed by atoms with Crippen molar-refractivity contribution < 1.29 is 0 Å². The highest BCUT2D eigenvalue weighted by Gasteiger charge is 2.07. The predicted molar refractivity (Wildman–Crippen MR) is 67.7 cm³/mol. The van der Waals surface area contributed by atoms with Gasteiger partial charge < -0.3 is 0 Å². The molecule has 0 unspecified atom stereocenters. The summed E-state index contributed by atoms with van der Waals surface area (Å²) in [5, 5.41) is 0. The van der Waals surface area contributed by atoms with E-state index < -0.39 is 0 Å². The van der Waals surface area contributed by atoms with Crippen LogP contribution >= 0.6 is 11.8 Å². The molecule has 76 valence electrons. The van der Waals surface area contributed by atoms with Gasteiger partial charge in [-0.25, -0.2) is 0 Å². The molecule has 0 saturated carbocycles. The van der Waals surface area contributed by atoms with E-state index in [1.165, 1.54) is 5.56 Å². The Morgan fingerprint density at radius 2 is 1.79 bits per heavy atom. The second-order valence-corrected chi connectivity index (χ2v) is 6.08. The van der Waals surface area contributed by atoms with Crippen molar-refractivity contribution in [3.8, 4) is 0 Å². The number of thioether (sulfide) groups is 1. The average Bonchev–Trinajstić information content (AvgIpc) is 2.13. The summed E-state index contributed by atoms with van der Waals surface area (Å²) in [6.07, 6.45) is 4.41. The maximum Gasteiger partial charge on any atom is 0.0121 e. The molecular weight excluding hydrogens is 188 g/mol. The van der Waals surface area contributed by atoms with Gasteiger partial charge in [0.05, 0.1) is 0 Å². The molecule has 1 aromatic rings. The minimum atomic E-state index is 0.362. The van der Waals surface area contributed by atoms with Crippen LogP contribution in [0.25, 0.3) is 6.08 Å². The van der Waals surface area contributed by atoms with Crippen LogP contribution in [-0.2, 0) is 0 Å². The fraction of sp³-hybridized carbons (Fsp3) is 0.385. The molecule has 0 aliphatic heterocycles. The van der Waals surface area contributed by atoms with Gasteiger partial charge in [0.2, 0.25) is 0 Å². The third kappa shape index (κ3) is 5.13. The quantitative estimate of drug-likeness (QED) is 0.713. The highest BCUT2D eigenvalue weighted by atomic mass is 32.2. The van der Waals surface area contributed by atoms with E-state index in [4.69, 9.17) is 0 Å². The van der Waals surface area contributed by atoms with Gasteiger partial charge in [0.25, 0.3) is 0 Å². The van der Waals surface area contributed by atoms with Gasteiger partial charge in [-0.05, 0) is 5.56 Å². The lowest BCUT2D eigenvalue weighted by Crippen LogP contribution is -2.07. The smallest absolute Gasteiger partial charge is 0.0121 e. The molecule has 0 amide bonds.